The molecule has 3 unspecified atom stereocenters. The fraction of sp³-hybridized carbons (Fsp3) is 0.368. The maximum absolute atomic E-state index is 11.1. The Morgan fingerprint density at radius 3 is 2.29 bits per heavy atom. The third-order valence-electron chi connectivity index (χ3n) is 4.84. The number of hydrogen-bond acceptors (Lipinski definition) is 4. The zero-order chi connectivity index (χ0) is 16.6. The molecule has 24 heavy (non-hydrogen) atoms. The fourth-order valence-corrected chi connectivity index (χ4v) is 3.36. The van der Waals surface area contributed by atoms with Crippen molar-refractivity contribution in [2.24, 2.45) is 0 Å². The van der Waals surface area contributed by atoms with Gasteiger partial charge in [0, 0.05) is 13.1 Å². The molecule has 1 aliphatic rings. The van der Waals surface area contributed by atoms with E-state index in [1.54, 1.807) is 4.80 Å². The number of benzene rings is 2. The molecule has 0 saturated carbocycles. The molecule has 0 amide bonds. The van der Waals surface area contributed by atoms with Gasteiger partial charge in [0.25, 0.3) is 0 Å². The molecule has 0 aliphatic carbocycles. The normalized spacial score (nSPS) is 24.2. The van der Waals surface area contributed by atoms with Crippen molar-refractivity contribution in [3.63, 3.8) is 0 Å². The van der Waals surface area contributed by atoms with Crippen LogP contribution in [0.4, 0.5) is 0 Å². The Labute approximate surface area is 141 Å². The third kappa shape index (κ3) is 2.41. The molecule has 4 rings (SSSR count). The second-order valence-corrected chi connectivity index (χ2v) is 6.45. The maximum Gasteiger partial charge on any atom is 0.178 e. The van der Waals surface area contributed by atoms with E-state index >= 15 is 0 Å². The number of aromatic nitrogens is 3. The first-order chi connectivity index (χ1) is 11.8. The van der Waals surface area contributed by atoms with Gasteiger partial charge < -0.3 is 5.11 Å². The first-order valence-corrected chi connectivity index (χ1v) is 8.56. The Morgan fingerprint density at radius 1 is 1.04 bits per heavy atom. The zero-order valence-corrected chi connectivity index (χ0v) is 13.8. The molecule has 2 aromatic carbocycles. The van der Waals surface area contributed by atoms with Crippen LogP contribution in [0.2, 0.25) is 0 Å². The van der Waals surface area contributed by atoms with Crippen molar-refractivity contribution in [3.8, 4) is 0 Å². The van der Waals surface area contributed by atoms with Crippen molar-refractivity contribution in [3.05, 3.63) is 60.2 Å². The molecule has 1 aromatic heterocycles. The van der Waals surface area contributed by atoms with Gasteiger partial charge >= 0.3 is 0 Å². The minimum atomic E-state index is -0.655. The highest BCUT2D eigenvalue weighted by atomic mass is 16.3. The van der Waals surface area contributed by atoms with Crippen molar-refractivity contribution < 1.29 is 5.11 Å². The van der Waals surface area contributed by atoms with E-state index in [0.29, 0.717) is 0 Å². The largest absolute Gasteiger partial charge is 0.384 e. The van der Waals surface area contributed by atoms with Crippen LogP contribution in [0.15, 0.2) is 54.6 Å². The highest BCUT2D eigenvalue weighted by Gasteiger charge is 2.61. The van der Waals surface area contributed by atoms with Gasteiger partial charge in [0.2, 0.25) is 0 Å². The Hall–Kier alpha value is -2.24. The molecule has 3 aromatic rings. The summed E-state index contributed by atoms with van der Waals surface area (Å²) in [6, 6.07) is 17.6. The number of unbranched alkanes of at least 4 members (excludes halogenated alkanes) is 1. The van der Waals surface area contributed by atoms with Crippen LogP contribution in [0, 0.1) is 0 Å². The molecule has 2 heterocycles. The van der Waals surface area contributed by atoms with Crippen LogP contribution in [0.5, 0.6) is 0 Å². The van der Waals surface area contributed by atoms with Gasteiger partial charge in [0.05, 0.1) is 0 Å². The van der Waals surface area contributed by atoms with E-state index in [1.807, 2.05) is 54.6 Å². The Morgan fingerprint density at radius 2 is 1.67 bits per heavy atom. The summed E-state index contributed by atoms with van der Waals surface area (Å²) in [6.45, 7) is 3.89. The van der Waals surface area contributed by atoms with Gasteiger partial charge in [-0.2, -0.15) is 15.0 Å². The van der Waals surface area contributed by atoms with Gasteiger partial charge in [-0.15, -0.1) is 0 Å². The summed E-state index contributed by atoms with van der Waals surface area (Å²) >= 11 is 0. The number of fused-ring (bicyclic) bond motifs is 1. The summed E-state index contributed by atoms with van der Waals surface area (Å²) in [7, 11) is 0. The van der Waals surface area contributed by atoms with E-state index in [1.165, 1.54) is 0 Å². The van der Waals surface area contributed by atoms with Crippen LogP contribution in [-0.4, -0.2) is 38.1 Å². The molecule has 0 bridgehead atoms. The van der Waals surface area contributed by atoms with E-state index in [2.05, 4.69) is 22.0 Å². The van der Waals surface area contributed by atoms with Crippen LogP contribution >= 0.6 is 0 Å². The number of aliphatic hydroxyl groups excluding tert-OH is 1. The molecule has 0 radical (unpaired) electrons. The van der Waals surface area contributed by atoms with Crippen LogP contribution in [0.3, 0.4) is 0 Å². The summed E-state index contributed by atoms with van der Waals surface area (Å²) in [6.07, 6.45) is 1.57. The smallest absolute Gasteiger partial charge is 0.178 e. The molecule has 1 saturated heterocycles. The van der Waals surface area contributed by atoms with Crippen molar-refractivity contribution in [2.45, 2.75) is 31.5 Å². The third-order valence-corrected chi connectivity index (χ3v) is 4.84. The summed E-state index contributed by atoms with van der Waals surface area (Å²) in [5, 5.41) is 20.4. The van der Waals surface area contributed by atoms with Gasteiger partial charge in [0.15, 0.2) is 5.66 Å². The molecule has 124 valence electrons. The molecular formula is C19H22N4O. The van der Waals surface area contributed by atoms with Crippen LogP contribution in [0.1, 0.15) is 31.4 Å². The minimum absolute atomic E-state index is 0.574. The number of hydrogen-bond donors (Lipinski definition) is 1. The van der Waals surface area contributed by atoms with E-state index in [0.717, 1.165) is 42.5 Å². The topological polar surface area (TPSA) is 54.0 Å². The average molecular weight is 322 g/mol. The maximum atomic E-state index is 11.1. The summed E-state index contributed by atoms with van der Waals surface area (Å²) in [5.41, 5.74) is 2.05. The molecule has 5 heteroatoms. The van der Waals surface area contributed by atoms with E-state index in [9.17, 15) is 5.11 Å². The number of nitrogens with zero attached hydrogens (tertiary/aromatic N) is 4. The lowest BCUT2D eigenvalue weighted by atomic mass is 10.0. The highest BCUT2D eigenvalue weighted by Crippen LogP contribution is 2.47. The first-order valence-electron chi connectivity index (χ1n) is 8.56. The van der Waals surface area contributed by atoms with Crippen LogP contribution in [-0.2, 0) is 5.66 Å². The van der Waals surface area contributed by atoms with E-state index in [-0.39, 0.29) is 0 Å². The summed E-state index contributed by atoms with van der Waals surface area (Å²) < 4.78 is 0. The Balaban J connectivity index is 1.74. The van der Waals surface area contributed by atoms with Gasteiger partial charge in [-0.1, -0.05) is 55.8 Å². The van der Waals surface area contributed by atoms with Gasteiger partial charge in [-0.25, -0.2) is 0 Å². The summed E-state index contributed by atoms with van der Waals surface area (Å²) in [5.74, 6) is 0. The van der Waals surface area contributed by atoms with Gasteiger partial charge in [0.1, 0.15) is 17.1 Å². The number of rotatable bonds is 6. The van der Waals surface area contributed by atoms with Crippen molar-refractivity contribution in [2.75, 3.05) is 13.1 Å². The summed E-state index contributed by atoms with van der Waals surface area (Å²) in [4.78, 5) is 4.00. The van der Waals surface area contributed by atoms with Crippen LogP contribution in [0.25, 0.3) is 11.0 Å². The molecule has 1 fully saturated rings. The highest BCUT2D eigenvalue weighted by molar-refractivity contribution is 5.73. The van der Waals surface area contributed by atoms with Gasteiger partial charge in [-0.3, -0.25) is 4.90 Å². The Kier molecular flexibility index (Phi) is 3.82. The predicted molar refractivity (Wildman–Crippen MR) is 93.4 cm³/mol. The lowest BCUT2D eigenvalue weighted by molar-refractivity contribution is 0.0460. The second-order valence-electron chi connectivity index (χ2n) is 6.45. The predicted octanol–water partition coefficient (Wildman–Crippen LogP) is 2.93. The average Bonchev–Trinajstić information content (AvgIpc) is 3.20. The van der Waals surface area contributed by atoms with Crippen LogP contribution < -0.4 is 0 Å². The monoisotopic (exact) mass is 322 g/mol. The van der Waals surface area contributed by atoms with Crippen molar-refractivity contribution in [1.29, 1.82) is 0 Å². The molecule has 3 atom stereocenters. The molecule has 1 aliphatic heterocycles. The lowest BCUT2D eigenvalue weighted by Crippen LogP contribution is -2.34. The van der Waals surface area contributed by atoms with Crippen molar-refractivity contribution >= 4 is 11.0 Å². The SMILES string of the molecule is CCCCN1CC1(C(O)c1ccccc1)n1nc2ccccc2n1. The molecule has 0 spiro atoms. The molecule has 1 N–H and O–H groups in total. The second kappa shape index (κ2) is 6.00. The quantitative estimate of drug-likeness (QED) is 0.709. The van der Waals surface area contributed by atoms with Crippen molar-refractivity contribution in [1.82, 2.24) is 19.9 Å². The first kappa shape index (κ1) is 15.3. The lowest BCUT2D eigenvalue weighted by Gasteiger charge is -2.23. The van der Waals surface area contributed by atoms with Gasteiger partial charge in [-0.05, 0) is 24.1 Å². The number of aliphatic hydroxyl groups is 1. The fourth-order valence-electron chi connectivity index (χ4n) is 3.36. The molecule has 5 nitrogen and oxygen atoms in total. The van der Waals surface area contributed by atoms with E-state index in [4.69, 9.17) is 0 Å². The zero-order valence-electron chi connectivity index (χ0n) is 13.8. The standard InChI is InChI=1S/C19H22N4O/c1-2-3-13-22-14-19(22,18(24)15-9-5-4-6-10-15)23-20-16-11-7-8-12-17(16)21-23/h4-12,18,24H,2-3,13-14H2,1H3. The van der Waals surface area contributed by atoms with E-state index < -0.39 is 11.8 Å². The Bertz CT molecular complexity index is 799. The molecular weight excluding hydrogens is 300 g/mol. The minimum Gasteiger partial charge on any atom is -0.384 e.